The minimum Gasteiger partial charge on any atom is -0.312 e. The summed E-state index contributed by atoms with van der Waals surface area (Å²) in [4.78, 5) is 16.7. The Bertz CT molecular complexity index is 411. The van der Waals surface area contributed by atoms with Gasteiger partial charge >= 0.3 is 0 Å². The molecule has 1 heterocycles. The Hall–Kier alpha value is -0.940. The van der Waals surface area contributed by atoms with Crippen molar-refractivity contribution in [1.82, 2.24) is 10.3 Å². The highest BCUT2D eigenvalue weighted by atomic mass is 32.1. The van der Waals surface area contributed by atoms with E-state index >= 15 is 0 Å². The second-order valence-corrected chi connectivity index (χ2v) is 6.12. The number of hydrogen-bond donors (Lipinski definition) is 2. The van der Waals surface area contributed by atoms with E-state index in [2.05, 4.69) is 22.5 Å². The number of hydrogen-bond acceptors (Lipinski definition) is 4. The number of anilines is 1. The van der Waals surface area contributed by atoms with Gasteiger partial charge in [0.05, 0.1) is 5.69 Å². The van der Waals surface area contributed by atoms with Crippen LogP contribution < -0.4 is 10.6 Å². The summed E-state index contributed by atoms with van der Waals surface area (Å²) in [5.74, 6) is 0.330. The molecule has 1 amide bonds. The van der Waals surface area contributed by atoms with E-state index in [0.29, 0.717) is 0 Å². The van der Waals surface area contributed by atoms with Crippen LogP contribution in [-0.4, -0.2) is 17.9 Å². The normalized spacial score (nSPS) is 18.8. The molecule has 0 radical (unpaired) electrons. The van der Waals surface area contributed by atoms with E-state index in [0.717, 1.165) is 23.7 Å². The molecule has 5 heteroatoms. The molecule has 0 saturated heterocycles. The predicted molar refractivity (Wildman–Crippen MR) is 79.4 cm³/mol. The third kappa shape index (κ3) is 4.01. The number of amides is 1. The standard InChI is InChI=1S/C14H23N3OS/c1-10(15-2)12-9-19-14(16-12)17-13(18)11-7-5-3-4-6-8-11/h9-11,15H,3-8H2,1-2H3,(H,16,17,18). The molecule has 1 aliphatic carbocycles. The number of thiazole rings is 1. The average Bonchev–Trinajstić information content (AvgIpc) is 2.71. The summed E-state index contributed by atoms with van der Waals surface area (Å²) in [7, 11) is 1.91. The van der Waals surface area contributed by atoms with Crippen molar-refractivity contribution in [3.63, 3.8) is 0 Å². The number of carbonyl (C=O) groups is 1. The Balaban J connectivity index is 1.92. The van der Waals surface area contributed by atoms with Gasteiger partial charge in [0.1, 0.15) is 0 Å². The van der Waals surface area contributed by atoms with Crippen molar-refractivity contribution in [3.8, 4) is 0 Å². The molecule has 1 aliphatic rings. The van der Waals surface area contributed by atoms with Crippen LogP contribution in [0, 0.1) is 5.92 Å². The van der Waals surface area contributed by atoms with E-state index in [1.807, 2.05) is 12.4 Å². The topological polar surface area (TPSA) is 54.0 Å². The Labute approximate surface area is 119 Å². The smallest absolute Gasteiger partial charge is 0.229 e. The first-order chi connectivity index (χ1) is 9.20. The van der Waals surface area contributed by atoms with Gasteiger partial charge in [0.15, 0.2) is 5.13 Å². The Morgan fingerprint density at radius 2 is 2.05 bits per heavy atom. The van der Waals surface area contributed by atoms with Crippen LogP contribution in [0.25, 0.3) is 0 Å². The number of aromatic nitrogens is 1. The van der Waals surface area contributed by atoms with Crippen molar-refractivity contribution >= 4 is 22.4 Å². The molecule has 1 atom stereocenters. The highest BCUT2D eigenvalue weighted by molar-refractivity contribution is 7.13. The fourth-order valence-corrected chi connectivity index (χ4v) is 3.25. The maximum Gasteiger partial charge on any atom is 0.229 e. The minimum absolute atomic E-state index is 0.153. The summed E-state index contributed by atoms with van der Waals surface area (Å²) in [6.07, 6.45) is 6.94. The van der Waals surface area contributed by atoms with Crippen LogP contribution in [0.15, 0.2) is 5.38 Å². The summed E-state index contributed by atoms with van der Waals surface area (Å²) in [5.41, 5.74) is 0.990. The third-order valence-electron chi connectivity index (χ3n) is 3.85. The largest absolute Gasteiger partial charge is 0.312 e. The van der Waals surface area contributed by atoms with Crippen molar-refractivity contribution in [2.75, 3.05) is 12.4 Å². The molecule has 106 valence electrons. The van der Waals surface area contributed by atoms with Gasteiger partial charge in [0.25, 0.3) is 0 Å². The van der Waals surface area contributed by atoms with Crippen LogP contribution in [-0.2, 0) is 4.79 Å². The predicted octanol–water partition coefficient (Wildman–Crippen LogP) is 3.33. The molecule has 19 heavy (non-hydrogen) atoms. The highest BCUT2D eigenvalue weighted by Crippen LogP contribution is 2.26. The van der Waals surface area contributed by atoms with Gasteiger partial charge in [-0.3, -0.25) is 4.79 Å². The maximum absolute atomic E-state index is 12.2. The van der Waals surface area contributed by atoms with Gasteiger partial charge in [-0.1, -0.05) is 25.7 Å². The average molecular weight is 281 g/mol. The van der Waals surface area contributed by atoms with Crippen molar-refractivity contribution in [1.29, 1.82) is 0 Å². The van der Waals surface area contributed by atoms with Gasteiger partial charge in [-0.2, -0.15) is 0 Å². The maximum atomic E-state index is 12.2. The van der Waals surface area contributed by atoms with Gasteiger partial charge < -0.3 is 10.6 Å². The van der Waals surface area contributed by atoms with Crippen molar-refractivity contribution in [2.45, 2.75) is 51.5 Å². The van der Waals surface area contributed by atoms with Crippen molar-refractivity contribution in [3.05, 3.63) is 11.1 Å². The molecule has 0 aliphatic heterocycles. The van der Waals surface area contributed by atoms with Crippen LogP contribution in [0.3, 0.4) is 0 Å². The molecule has 4 nitrogen and oxygen atoms in total. The number of rotatable bonds is 4. The fraction of sp³-hybridized carbons (Fsp3) is 0.714. The lowest BCUT2D eigenvalue weighted by atomic mass is 10.00. The zero-order chi connectivity index (χ0) is 13.7. The lowest BCUT2D eigenvalue weighted by molar-refractivity contribution is -0.120. The van der Waals surface area contributed by atoms with Crippen LogP contribution in [0.5, 0.6) is 0 Å². The Morgan fingerprint density at radius 1 is 1.37 bits per heavy atom. The molecule has 1 fully saturated rings. The number of nitrogens with one attached hydrogen (secondary N) is 2. The molecule has 0 bridgehead atoms. The Kier molecular flexibility index (Phi) is 5.34. The third-order valence-corrected chi connectivity index (χ3v) is 4.63. The van der Waals surface area contributed by atoms with Crippen molar-refractivity contribution in [2.24, 2.45) is 5.92 Å². The summed E-state index contributed by atoms with van der Waals surface area (Å²) < 4.78 is 0. The summed E-state index contributed by atoms with van der Waals surface area (Å²) in [6, 6.07) is 0.222. The first-order valence-electron chi connectivity index (χ1n) is 7.14. The first kappa shape index (κ1) is 14.5. The molecule has 0 spiro atoms. The van der Waals surface area contributed by atoms with E-state index in [9.17, 15) is 4.79 Å². The second-order valence-electron chi connectivity index (χ2n) is 5.27. The zero-order valence-electron chi connectivity index (χ0n) is 11.7. The highest BCUT2D eigenvalue weighted by Gasteiger charge is 2.21. The van der Waals surface area contributed by atoms with Crippen LogP contribution in [0.1, 0.15) is 57.2 Å². The quantitative estimate of drug-likeness (QED) is 0.832. The van der Waals surface area contributed by atoms with E-state index in [4.69, 9.17) is 0 Å². The zero-order valence-corrected chi connectivity index (χ0v) is 12.6. The van der Waals surface area contributed by atoms with Crippen LogP contribution in [0.2, 0.25) is 0 Å². The lowest BCUT2D eigenvalue weighted by Crippen LogP contribution is -2.22. The van der Waals surface area contributed by atoms with Gasteiger partial charge in [0, 0.05) is 17.3 Å². The second kappa shape index (κ2) is 7.01. The first-order valence-corrected chi connectivity index (χ1v) is 8.02. The molecule has 0 aromatic carbocycles. The van der Waals surface area contributed by atoms with Crippen LogP contribution in [0.4, 0.5) is 5.13 Å². The van der Waals surface area contributed by atoms with E-state index in [1.165, 1.54) is 37.0 Å². The molecule has 1 aromatic rings. The molecule has 1 saturated carbocycles. The SMILES string of the molecule is CNC(C)c1csc(NC(=O)C2CCCCCC2)n1. The van der Waals surface area contributed by atoms with Crippen LogP contribution >= 0.6 is 11.3 Å². The number of carbonyl (C=O) groups excluding carboxylic acids is 1. The molecular weight excluding hydrogens is 258 g/mol. The van der Waals surface area contributed by atoms with Gasteiger partial charge in [-0.15, -0.1) is 11.3 Å². The molecule has 1 unspecified atom stereocenters. The van der Waals surface area contributed by atoms with E-state index < -0.39 is 0 Å². The molecule has 2 N–H and O–H groups in total. The fourth-order valence-electron chi connectivity index (χ4n) is 2.44. The minimum atomic E-state index is 0.153. The molecule has 1 aromatic heterocycles. The monoisotopic (exact) mass is 281 g/mol. The summed E-state index contributed by atoms with van der Waals surface area (Å²) in [5, 5.41) is 8.86. The van der Waals surface area contributed by atoms with E-state index in [1.54, 1.807) is 0 Å². The van der Waals surface area contributed by atoms with Gasteiger partial charge in [-0.25, -0.2) is 4.98 Å². The van der Waals surface area contributed by atoms with Crippen molar-refractivity contribution < 1.29 is 4.79 Å². The Morgan fingerprint density at radius 3 is 2.68 bits per heavy atom. The van der Waals surface area contributed by atoms with E-state index in [-0.39, 0.29) is 17.9 Å². The molecular formula is C14H23N3OS. The van der Waals surface area contributed by atoms with Gasteiger partial charge in [-0.05, 0) is 26.8 Å². The summed E-state index contributed by atoms with van der Waals surface area (Å²) >= 11 is 1.51. The summed E-state index contributed by atoms with van der Waals surface area (Å²) in [6.45, 7) is 2.06. The lowest BCUT2D eigenvalue weighted by Gasteiger charge is -2.12. The molecule has 2 rings (SSSR count). The van der Waals surface area contributed by atoms with Gasteiger partial charge in [0.2, 0.25) is 5.91 Å². The number of nitrogens with zero attached hydrogens (tertiary/aromatic N) is 1.